The predicted molar refractivity (Wildman–Crippen MR) is 113 cm³/mol. The maximum Gasteiger partial charge on any atom is 0.307 e. The van der Waals surface area contributed by atoms with Crippen LogP contribution in [0, 0.1) is 6.92 Å². The van der Waals surface area contributed by atoms with E-state index in [0.29, 0.717) is 17.0 Å². The molecule has 2 N–H and O–H groups in total. The highest BCUT2D eigenvalue weighted by Crippen LogP contribution is 2.22. The summed E-state index contributed by atoms with van der Waals surface area (Å²) in [5.41, 5.74) is 1.99. The zero-order valence-electron chi connectivity index (χ0n) is 16.3. The first-order valence-corrected chi connectivity index (χ1v) is 10.5. The highest BCUT2D eigenvalue weighted by atomic mass is 32.2. The minimum atomic E-state index is -0.476. The fraction of sp³-hybridized carbons (Fsp3) is 0.318. The van der Waals surface area contributed by atoms with E-state index in [4.69, 9.17) is 4.74 Å². The molecule has 0 saturated heterocycles. The highest BCUT2D eigenvalue weighted by molar-refractivity contribution is 7.99. The van der Waals surface area contributed by atoms with Crippen molar-refractivity contribution in [3.8, 4) is 0 Å². The number of carbonyl (C=O) groups excluding carboxylic acids is 3. The van der Waals surface area contributed by atoms with Crippen molar-refractivity contribution in [3.05, 3.63) is 59.7 Å². The summed E-state index contributed by atoms with van der Waals surface area (Å²) in [7, 11) is 0. The number of ether oxygens (including phenoxy) is 1. The Hall–Kier alpha value is -2.80. The van der Waals surface area contributed by atoms with E-state index >= 15 is 0 Å². The molecule has 2 aromatic rings. The van der Waals surface area contributed by atoms with Crippen molar-refractivity contribution in [1.82, 2.24) is 5.32 Å². The Morgan fingerprint density at radius 1 is 1.07 bits per heavy atom. The standard InChI is InChI=1S/C22H24N2O4S/c1-15-6-10-17(11-7-15)29-13-12-21(26)28-14-20(25)24-19-5-3-2-4-18(19)22(27)23-16-8-9-16/h2-7,10-11,16H,8-9,12-14H2,1H3,(H,23,27)(H,24,25). The molecule has 0 radical (unpaired) electrons. The molecule has 0 aromatic heterocycles. The van der Waals surface area contributed by atoms with Gasteiger partial charge in [0, 0.05) is 16.7 Å². The second-order valence-corrected chi connectivity index (χ2v) is 8.08. The molecule has 0 aliphatic heterocycles. The molecule has 1 fully saturated rings. The summed E-state index contributed by atoms with van der Waals surface area (Å²) in [6, 6.07) is 15.1. The van der Waals surface area contributed by atoms with Crippen molar-refractivity contribution in [1.29, 1.82) is 0 Å². The van der Waals surface area contributed by atoms with Crippen LogP contribution in [0.2, 0.25) is 0 Å². The van der Waals surface area contributed by atoms with Gasteiger partial charge in [-0.25, -0.2) is 0 Å². The van der Waals surface area contributed by atoms with Crippen LogP contribution in [-0.2, 0) is 14.3 Å². The molecule has 1 saturated carbocycles. The summed E-state index contributed by atoms with van der Waals surface area (Å²) >= 11 is 1.56. The van der Waals surface area contributed by atoms with Crippen molar-refractivity contribution in [2.45, 2.75) is 37.1 Å². The number of hydrogen-bond acceptors (Lipinski definition) is 5. The molecule has 7 heteroatoms. The molecule has 0 bridgehead atoms. The molecular weight excluding hydrogens is 388 g/mol. The molecule has 2 aromatic carbocycles. The van der Waals surface area contributed by atoms with E-state index in [1.54, 1.807) is 36.0 Å². The molecule has 152 valence electrons. The average Bonchev–Trinajstić information content (AvgIpc) is 3.52. The van der Waals surface area contributed by atoms with Crippen molar-refractivity contribution < 1.29 is 19.1 Å². The van der Waals surface area contributed by atoms with Gasteiger partial charge in [0.1, 0.15) is 0 Å². The van der Waals surface area contributed by atoms with Crippen LogP contribution in [0.25, 0.3) is 0 Å². The molecule has 3 rings (SSSR count). The van der Waals surface area contributed by atoms with Crippen LogP contribution in [0.4, 0.5) is 5.69 Å². The van der Waals surface area contributed by atoms with E-state index in [0.717, 1.165) is 17.7 Å². The van der Waals surface area contributed by atoms with Crippen LogP contribution in [0.1, 0.15) is 35.2 Å². The highest BCUT2D eigenvalue weighted by Gasteiger charge is 2.25. The molecule has 2 amide bonds. The number of hydrogen-bond donors (Lipinski definition) is 2. The summed E-state index contributed by atoms with van der Waals surface area (Å²) in [5, 5.41) is 5.54. The van der Waals surface area contributed by atoms with Gasteiger partial charge in [-0.3, -0.25) is 14.4 Å². The van der Waals surface area contributed by atoms with E-state index in [1.165, 1.54) is 5.56 Å². The quantitative estimate of drug-likeness (QED) is 0.486. The van der Waals surface area contributed by atoms with Crippen molar-refractivity contribution in [2.75, 3.05) is 17.7 Å². The van der Waals surface area contributed by atoms with Gasteiger partial charge in [-0.1, -0.05) is 29.8 Å². The normalized spacial score (nSPS) is 12.9. The summed E-state index contributed by atoms with van der Waals surface area (Å²) in [5.74, 6) is -0.544. The minimum absolute atomic E-state index is 0.214. The first-order valence-electron chi connectivity index (χ1n) is 9.56. The molecular formula is C22H24N2O4S. The zero-order chi connectivity index (χ0) is 20.6. The Balaban J connectivity index is 1.40. The SMILES string of the molecule is Cc1ccc(SCCC(=O)OCC(=O)Nc2ccccc2C(=O)NC2CC2)cc1. The number of rotatable bonds is 9. The zero-order valence-corrected chi connectivity index (χ0v) is 17.1. The lowest BCUT2D eigenvalue weighted by molar-refractivity contribution is -0.146. The lowest BCUT2D eigenvalue weighted by atomic mass is 10.1. The molecule has 1 aliphatic carbocycles. The fourth-order valence-corrected chi connectivity index (χ4v) is 3.41. The number of benzene rings is 2. The monoisotopic (exact) mass is 412 g/mol. The van der Waals surface area contributed by atoms with E-state index in [9.17, 15) is 14.4 Å². The minimum Gasteiger partial charge on any atom is -0.456 e. The van der Waals surface area contributed by atoms with Crippen LogP contribution in [0.15, 0.2) is 53.4 Å². The number of aryl methyl sites for hydroxylation is 1. The van der Waals surface area contributed by atoms with E-state index in [2.05, 4.69) is 10.6 Å². The third kappa shape index (κ3) is 6.94. The van der Waals surface area contributed by atoms with Gasteiger partial charge in [-0.2, -0.15) is 0 Å². The van der Waals surface area contributed by atoms with E-state index < -0.39 is 11.9 Å². The van der Waals surface area contributed by atoms with Gasteiger partial charge in [0.15, 0.2) is 6.61 Å². The first kappa shape index (κ1) is 20.9. The van der Waals surface area contributed by atoms with E-state index in [1.807, 2.05) is 31.2 Å². The number of esters is 1. The summed E-state index contributed by atoms with van der Waals surface area (Å²) in [6.45, 7) is 1.64. The first-order chi connectivity index (χ1) is 14.0. The van der Waals surface area contributed by atoms with Gasteiger partial charge < -0.3 is 15.4 Å². The average molecular weight is 413 g/mol. The largest absolute Gasteiger partial charge is 0.456 e. The maximum atomic E-state index is 12.3. The van der Waals surface area contributed by atoms with Crippen molar-refractivity contribution in [3.63, 3.8) is 0 Å². The topological polar surface area (TPSA) is 84.5 Å². The Kier molecular flexibility index (Phi) is 7.30. The molecule has 6 nitrogen and oxygen atoms in total. The van der Waals surface area contributed by atoms with Crippen LogP contribution in [-0.4, -0.2) is 36.2 Å². The van der Waals surface area contributed by atoms with Crippen LogP contribution in [0.3, 0.4) is 0 Å². The smallest absolute Gasteiger partial charge is 0.307 e. The Labute approximate surface area is 174 Å². The van der Waals surface area contributed by atoms with Gasteiger partial charge in [-0.05, 0) is 44.0 Å². The number of anilines is 1. The third-order valence-electron chi connectivity index (χ3n) is 4.32. The fourth-order valence-electron chi connectivity index (χ4n) is 2.57. The summed E-state index contributed by atoms with van der Waals surface area (Å²) in [6.07, 6.45) is 2.18. The molecule has 29 heavy (non-hydrogen) atoms. The third-order valence-corrected chi connectivity index (χ3v) is 5.33. The molecule has 0 heterocycles. The van der Waals surface area contributed by atoms with Gasteiger partial charge in [0.25, 0.3) is 11.8 Å². The van der Waals surface area contributed by atoms with Crippen LogP contribution < -0.4 is 10.6 Å². The Morgan fingerprint density at radius 3 is 2.52 bits per heavy atom. The van der Waals surface area contributed by atoms with Gasteiger partial charge >= 0.3 is 5.97 Å². The number of amides is 2. The second-order valence-electron chi connectivity index (χ2n) is 6.91. The molecule has 0 atom stereocenters. The van der Waals surface area contributed by atoms with E-state index in [-0.39, 0.29) is 25.0 Å². The van der Waals surface area contributed by atoms with Crippen molar-refractivity contribution >= 4 is 35.2 Å². The second kappa shape index (κ2) is 10.1. The summed E-state index contributed by atoms with van der Waals surface area (Å²) < 4.78 is 5.04. The lowest BCUT2D eigenvalue weighted by Gasteiger charge is -2.11. The Bertz CT molecular complexity index is 879. The molecule has 0 unspecified atom stereocenters. The number of nitrogens with one attached hydrogen (secondary N) is 2. The maximum absolute atomic E-state index is 12.3. The van der Waals surface area contributed by atoms with Gasteiger partial charge in [0.2, 0.25) is 0 Å². The number of thioether (sulfide) groups is 1. The van der Waals surface area contributed by atoms with Gasteiger partial charge in [0.05, 0.1) is 17.7 Å². The van der Waals surface area contributed by atoms with Crippen LogP contribution in [0.5, 0.6) is 0 Å². The summed E-state index contributed by atoms with van der Waals surface area (Å²) in [4.78, 5) is 37.3. The Morgan fingerprint density at radius 2 is 1.79 bits per heavy atom. The number of carbonyl (C=O) groups is 3. The molecule has 1 aliphatic rings. The lowest BCUT2D eigenvalue weighted by Crippen LogP contribution is -2.28. The van der Waals surface area contributed by atoms with Crippen molar-refractivity contribution in [2.24, 2.45) is 0 Å². The van der Waals surface area contributed by atoms with Crippen LogP contribution >= 0.6 is 11.8 Å². The number of para-hydroxylation sites is 1. The predicted octanol–water partition coefficient (Wildman–Crippen LogP) is 3.55. The molecule has 0 spiro atoms. The van der Waals surface area contributed by atoms with Gasteiger partial charge in [-0.15, -0.1) is 11.8 Å².